The average Bonchev–Trinajstić information content (AvgIpc) is 2.85. The molecular weight excluding hydrogens is 371 g/mol. The normalized spacial score (nSPS) is 10.2. The van der Waals surface area contributed by atoms with Gasteiger partial charge in [0.05, 0.1) is 20.9 Å². The van der Waals surface area contributed by atoms with Crippen molar-refractivity contribution in [3.8, 4) is 11.8 Å². The smallest absolute Gasteiger partial charge is 0.156 e. The summed E-state index contributed by atoms with van der Waals surface area (Å²) in [5.74, 6) is 0.658. The third-order valence-corrected chi connectivity index (χ3v) is 4.63. The highest BCUT2D eigenvalue weighted by atomic mass is 127. The first-order chi connectivity index (χ1) is 9.13. The van der Waals surface area contributed by atoms with E-state index in [4.69, 9.17) is 15.7 Å². The molecule has 0 aliphatic heterocycles. The largest absolute Gasteiger partial charge is 0.485 e. The number of nitrogen functional groups attached to an aromatic ring is 1. The van der Waals surface area contributed by atoms with Gasteiger partial charge in [-0.3, -0.25) is 0 Å². The molecule has 0 aliphatic rings. The van der Waals surface area contributed by atoms with Crippen LogP contribution in [0.15, 0.2) is 24.3 Å². The number of anilines is 1. The highest BCUT2D eigenvalue weighted by Gasteiger charge is 2.09. The first kappa shape index (κ1) is 14.2. The molecular formula is C14H13IN2OS. The van der Waals surface area contributed by atoms with E-state index in [1.807, 2.05) is 0 Å². The summed E-state index contributed by atoms with van der Waals surface area (Å²) in [6.45, 7) is 2.65. The molecule has 0 amide bonds. The lowest BCUT2D eigenvalue weighted by molar-refractivity contribution is 0.309. The Hall–Kier alpha value is -1.26. The number of nitrogens with two attached hydrogens (primary N) is 1. The van der Waals surface area contributed by atoms with Crippen LogP contribution in [0.4, 0.5) is 5.69 Å². The number of halogens is 1. The lowest BCUT2D eigenvalue weighted by Crippen LogP contribution is -2.00. The molecule has 98 valence electrons. The van der Waals surface area contributed by atoms with Gasteiger partial charge in [-0.05, 0) is 53.3 Å². The number of aryl methyl sites for hydroxylation is 1. The van der Waals surface area contributed by atoms with E-state index in [-0.39, 0.29) is 0 Å². The first-order valence-electron chi connectivity index (χ1n) is 5.83. The van der Waals surface area contributed by atoms with Crippen molar-refractivity contribution in [2.75, 3.05) is 5.73 Å². The van der Waals surface area contributed by atoms with Crippen LogP contribution in [-0.4, -0.2) is 0 Å². The maximum atomic E-state index is 8.87. The van der Waals surface area contributed by atoms with Crippen LogP contribution in [0, 0.1) is 14.9 Å². The molecule has 0 bridgehead atoms. The van der Waals surface area contributed by atoms with Gasteiger partial charge in [-0.15, -0.1) is 11.3 Å². The molecule has 0 spiro atoms. The second-order valence-corrected chi connectivity index (χ2v) is 6.41. The maximum Gasteiger partial charge on any atom is 0.156 e. The van der Waals surface area contributed by atoms with Gasteiger partial charge < -0.3 is 10.5 Å². The fourth-order valence-corrected chi connectivity index (χ4v) is 3.34. The number of benzene rings is 1. The van der Waals surface area contributed by atoms with Crippen LogP contribution < -0.4 is 10.5 Å². The predicted molar refractivity (Wildman–Crippen MR) is 86.3 cm³/mol. The molecule has 5 heteroatoms. The van der Waals surface area contributed by atoms with Gasteiger partial charge in [-0.25, -0.2) is 0 Å². The van der Waals surface area contributed by atoms with E-state index >= 15 is 0 Å². The number of ether oxygens (including phenoxy) is 1. The van der Waals surface area contributed by atoms with E-state index in [2.05, 4.69) is 47.7 Å². The Morgan fingerprint density at radius 2 is 2.11 bits per heavy atom. The molecule has 0 atom stereocenters. The zero-order valence-electron chi connectivity index (χ0n) is 10.4. The van der Waals surface area contributed by atoms with Crippen LogP contribution in [0.3, 0.4) is 0 Å². The van der Waals surface area contributed by atoms with Crippen molar-refractivity contribution < 1.29 is 4.74 Å². The summed E-state index contributed by atoms with van der Waals surface area (Å²) in [4.78, 5) is 2.53. The predicted octanol–water partition coefficient (Wildman–Crippen LogP) is 3.95. The third kappa shape index (κ3) is 3.39. The minimum Gasteiger partial charge on any atom is -0.485 e. The van der Waals surface area contributed by atoms with Gasteiger partial charge in [0.15, 0.2) is 5.75 Å². The standard InChI is InChI=1S/C14H13IN2OS/c1-2-10-3-4-11(19-10)8-18-14-12(15)5-9(7-16)6-13(14)17/h3-6H,2,8,17H2,1H3. The van der Waals surface area contributed by atoms with Gasteiger partial charge >= 0.3 is 0 Å². The fraction of sp³-hybridized carbons (Fsp3) is 0.214. The Balaban J connectivity index is 2.13. The van der Waals surface area contributed by atoms with Crippen molar-refractivity contribution in [1.29, 1.82) is 5.26 Å². The second kappa shape index (κ2) is 6.26. The Morgan fingerprint density at radius 1 is 1.37 bits per heavy atom. The van der Waals surface area contributed by atoms with Gasteiger partial charge in [0.1, 0.15) is 6.61 Å². The summed E-state index contributed by atoms with van der Waals surface area (Å²) < 4.78 is 6.64. The number of nitrogens with zero attached hydrogens (tertiary/aromatic N) is 1. The summed E-state index contributed by atoms with van der Waals surface area (Å²) in [5.41, 5.74) is 6.98. The SMILES string of the molecule is CCc1ccc(COc2c(N)cc(C#N)cc2I)s1. The summed E-state index contributed by atoms with van der Waals surface area (Å²) in [7, 11) is 0. The van der Waals surface area contributed by atoms with E-state index < -0.39 is 0 Å². The van der Waals surface area contributed by atoms with Gasteiger partial charge in [0.25, 0.3) is 0 Å². The zero-order chi connectivity index (χ0) is 13.8. The van der Waals surface area contributed by atoms with Crippen molar-refractivity contribution in [2.45, 2.75) is 20.0 Å². The zero-order valence-corrected chi connectivity index (χ0v) is 13.4. The van der Waals surface area contributed by atoms with Gasteiger partial charge in [-0.1, -0.05) is 6.92 Å². The number of nitriles is 1. The Kier molecular flexibility index (Phi) is 4.66. The first-order valence-corrected chi connectivity index (χ1v) is 7.73. The molecule has 19 heavy (non-hydrogen) atoms. The Bertz CT molecular complexity index is 608. The van der Waals surface area contributed by atoms with E-state index in [1.165, 1.54) is 9.75 Å². The molecule has 1 heterocycles. The van der Waals surface area contributed by atoms with Crippen LogP contribution >= 0.6 is 33.9 Å². The van der Waals surface area contributed by atoms with Gasteiger partial charge in [-0.2, -0.15) is 5.26 Å². The molecule has 0 fully saturated rings. The topological polar surface area (TPSA) is 59.0 Å². The molecule has 0 saturated carbocycles. The monoisotopic (exact) mass is 384 g/mol. The fourth-order valence-electron chi connectivity index (χ4n) is 1.66. The van der Waals surface area contributed by atoms with Gasteiger partial charge in [0.2, 0.25) is 0 Å². The molecule has 1 aromatic heterocycles. The molecule has 0 unspecified atom stereocenters. The number of hydrogen-bond donors (Lipinski definition) is 1. The van der Waals surface area contributed by atoms with E-state index in [0.29, 0.717) is 23.6 Å². The van der Waals surface area contributed by atoms with Crippen LogP contribution in [0.1, 0.15) is 22.2 Å². The molecule has 0 radical (unpaired) electrons. The third-order valence-electron chi connectivity index (χ3n) is 2.63. The molecule has 0 aliphatic carbocycles. The Morgan fingerprint density at radius 3 is 2.68 bits per heavy atom. The highest BCUT2D eigenvalue weighted by Crippen LogP contribution is 2.31. The van der Waals surface area contributed by atoms with Crippen molar-refractivity contribution in [1.82, 2.24) is 0 Å². The van der Waals surface area contributed by atoms with E-state index in [1.54, 1.807) is 23.5 Å². The maximum absolute atomic E-state index is 8.87. The summed E-state index contributed by atoms with van der Waals surface area (Å²) in [6, 6.07) is 9.70. The summed E-state index contributed by atoms with van der Waals surface area (Å²) in [5, 5.41) is 8.87. The summed E-state index contributed by atoms with van der Waals surface area (Å²) in [6.07, 6.45) is 1.04. The van der Waals surface area contributed by atoms with E-state index in [0.717, 1.165) is 9.99 Å². The second-order valence-electron chi connectivity index (χ2n) is 4.00. The molecule has 2 N–H and O–H groups in total. The van der Waals surface area contributed by atoms with Crippen LogP contribution in [0.25, 0.3) is 0 Å². The van der Waals surface area contributed by atoms with Crippen LogP contribution in [0.5, 0.6) is 5.75 Å². The van der Waals surface area contributed by atoms with Gasteiger partial charge in [0, 0.05) is 9.75 Å². The lowest BCUT2D eigenvalue weighted by Gasteiger charge is -2.10. The summed E-state index contributed by atoms with van der Waals surface area (Å²) >= 11 is 3.89. The minimum atomic E-state index is 0.510. The van der Waals surface area contributed by atoms with Crippen molar-refractivity contribution in [3.05, 3.63) is 43.2 Å². The number of hydrogen-bond acceptors (Lipinski definition) is 4. The van der Waals surface area contributed by atoms with Crippen LogP contribution in [0.2, 0.25) is 0 Å². The van der Waals surface area contributed by atoms with Crippen molar-refractivity contribution in [2.24, 2.45) is 0 Å². The minimum absolute atomic E-state index is 0.510. The molecule has 1 aromatic carbocycles. The van der Waals surface area contributed by atoms with Crippen LogP contribution in [-0.2, 0) is 13.0 Å². The number of rotatable bonds is 4. The average molecular weight is 384 g/mol. The quantitative estimate of drug-likeness (QED) is 0.642. The molecule has 2 aromatic rings. The Labute approximate surface area is 130 Å². The molecule has 2 rings (SSSR count). The lowest BCUT2D eigenvalue weighted by atomic mass is 10.2. The number of thiophene rings is 1. The molecule has 0 saturated heterocycles. The van der Waals surface area contributed by atoms with E-state index in [9.17, 15) is 0 Å². The van der Waals surface area contributed by atoms with Crippen molar-refractivity contribution >= 4 is 39.6 Å². The van der Waals surface area contributed by atoms with Crippen molar-refractivity contribution in [3.63, 3.8) is 0 Å². The molecule has 3 nitrogen and oxygen atoms in total. The highest BCUT2D eigenvalue weighted by molar-refractivity contribution is 14.1.